The van der Waals surface area contributed by atoms with Crippen LogP contribution in [0.1, 0.15) is 37.4 Å². The summed E-state index contributed by atoms with van der Waals surface area (Å²) in [7, 11) is 0. The Balaban J connectivity index is 1.44. The van der Waals surface area contributed by atoms with Crippen LogP contribution >= 0.6 is 0 Å². The zero-order chi connectivity index (χ0) is 24.5. The van der Waals surface area contributed by atoms with Gasteiger partial charge in [-0.05, 0) is 37.1 Å². The fourth-order valence-corrected chi connectivity index (χ4v) is 4.68. The summed E-state index contributed by atoms with van der Waals surface area (Å²) in [5.41, 5.74) is 10.8. The Morgan fingerprint density at radius 1 is 1.29 bits per heavy atom. The number of nitrogens with two attached hydrogens (primary N) is 1. The van der Waals surface area contributed by atoms with Crippen LogP contribution in [0.5, 0.6) is 0 Å². The lowest BCUT2D eigenvalue weighted by molar-refractivity contribution is -0.131. The first-order valence-electron chi connectivity index (χ1n) is 11.8. The van der Waals surface area contributed by atoms with E-state index in [2.05, 4.69) is 22.0 Å². The average Bonchev–Trinajstić information content (AvgIpc) is 3.31. The zero-order valence-corrected chi connectivity index (χ0v) is 19.7. The number of pyridine rings is 1. The van der Waals surface area contributed by atoms with Crippen molar-refractivity contribution in [1.82, 2.24) is 29.8 Å². The number of nitrogens with one attached hydrogen (secondary N) is 1. The van der Waals surface area contributed by atoms with Gasteiger partial charge in [0.25, 0.3) is 0 Å². The highest BCUT2D eigenvalue weighted by Crippen LogP contribution is 2.29. The van der Waals surface area contributed by atoms with Crippen molar-refractivity contribution in [1.29, 1.82) is 0 Å². The second kappa shape index (κ2) is 9.42. The molecule has 8 nitrogen and oxygen atoms in total. The lowest BCUT2D eigenvalue weighted by Crippen LogP contribution is -2.44. The van der Waals surface area contributed by atoms with Crippen LogP contribution in [0.25, 0.3) is 33.8 Å². The highest BCUT2D eigenvalue weighted by molar-refractivity contribution is 5.87. The van der Waals surface area contributed by atoms with Crippen LogP contribution in [-0.2, 0) is 11.3 Å². The number of fused-ring (bicyclic) bond motifs is 2. The fraction of sp³-hybridized carbons (Fsp3) is 0.308. The van der Waals surface area contributed by atoms with E-state index in [0.29, 0.717) is 35.3 Å². The number of aromatic nitrogens is 4. The van der Waals surface area contributed by atoms with Gasteiger partial charge in [-0.3, -0.25) is 9.78 Å². The number of rotatable bonds is 6. The number of hydrogen-bond donors (Lipinski definition) is 2. The summed E-state index contributed by atoms with van der Waals surface area (Å²) in [6.07, 6.45) is 7.46. The molecule has 1 aliphatic heterocycles. The molecule has 0 bridgehead atoms. The SMILES string of the molecule is C=Cc1c(CNC2CCN(C(=O)CC)CC2)nc2c(-c3cnc4ccc(F)cc4c3)cnn2c1N. The molecule has 4 aromatic rings. The molecule has 0 radical (unpaired) electrons. The molecule has 35 heavy (non-hydrogen) atoms. The van der Waals surface area contributed by atoms with E-state index in [1.54, 1.807) is 29.1 Å². The predicted octanol–water partition coefficient (Wildman–Crippen LogP) is 3.80. The molecule has 3 N–H and O–H groups in total. The number of nitrogens with zero attached hydrogens (tertiary/aromatic N) is 5. The van der Waals surface area contributed by atoms with Gasteiger partial charge in [0, 0.05) is 60.4 Å². The van der Waals surface area contributed by atoms with E-state index in [0.717, 1.165) is 48.3 Å². The summed E-state index contributed by atoms with van der Waals surface area (Å²) in [5, 5.41) is 8.72. The summed E-state index contributed by atoms with van der Waals surface area (Å²) in [6.45, 7) is 7.85. The van der Waals surface area contributed by atoms with Gasteiger partial charge in [0.1, 0.15) is 11.6 Å². The number of carbonyl (C=O) groups is 1. The number of hydrogen-bond acceptors (Lipinski definition) is 6. The Morgan fingerprint density at radius 3 is 2.83 bits per heavy atom. The Bertz CT molecular complexity index is 1420. The van der Waals surface area contributed by atoms with Crippen LogP contribution in [0.3, 0.4) is 0 Å². The lowest BCUT2D eigenvalue weighted by Gasteiger charge is -2.32. The maximum Gasteiger partial charge on any atom is 0.222 e. The molecule has 0 spiro atoms. The minimum atomic E-state index is -0.312. The van der Waals surface area contributed by atoms with E-state index in [-0.39, 0.29) is 17.8 Å². The Labute approximate surface area is 202 Å². The molecule has 1 fully saturated rings. The molecule has 180 valence electrons. The number of benzene rings is 1. The molecule has 0 saturated carbocycles. The monoisotopic (exact) mass is 473 g/mol. The first-order valence-corrected chi connectivity index (χ1v) is 11.8. The Hall–Kier alpha value is -3.85. The second-order valence-corrected chi connectivity index (χ2v) is 8.81. The van der Waals surface area contributed by atoms with Crippen molar-refractivity contribution in [2.75, 3.05) is 18.8 Å². The molecule has 0 atom stereocenters. The Kier molecular flexibility index (Phi) is 6.17. The standard InChI is InChI=1S/C26H28FN7O/c1-3-20-23(15-29-19-7-9-33(10-8-19)24(35)4-2)32-26-21(14-31-34(26)25(20)28)17-11-16-12-18(27)5-6-22(16)30-13-17/h3,5-6,11-14,19,29H,1,4,7-10,15,28H2,2H3. The summed E-state index contributed by atoms with van der Waals surface area (Å²) in [6, 6.07) is 6.68. The third-order valence-electron chi connectivity index (χ3n) is 6.67. The van der Waals surface area contributed by atoms with Gasteiger partial charge in [-0.25, -0.2) is 9.37 Å². The maximum absolute atomic E-state index is 13.8. The van der Waals surface area contributed by atoms with E-state index in [4.69, 9.17) is 10.7 Å². The minimum absolute atomic E-state index is 0.205. The summed E-state index contributed by atoms with van der Waals surface area (Å²) < 4.78 is 15.4. The lowest BCUT2D eigenvalue weighted by atomic mass is 10.0. The van der Waals surface area contributed by atoms with Crippen molar-refractivity contribution in [3.05, 3.63) is 60.3 Å². The van der Waals surface area contributed by atoms with Crippen molar-refractivity contribution >= 4 is 34.4 Å². The number of anilines is 1. The van der Waals surface area contributed by atoms with Crippen LogP contribution in [0.15, 0.2) is 43.2 Å². The van der Waals surface area contributed by atoms with Gasteiger partial charge in [-0.1, -0.05) is 19.6 Å². The third-order valence-corrected chi connectivity index (χ3v) is 6.67. The van der Waals surface area contributed by atoms with Crippen molar-refractivity contribution in [3.63, 3.8) is 0 Å². The second-order valence-electron chi connectivity index (χ2n) is 8.81. The molecule has 4 heterocycles. The van der Waals surface area contributed by atoms with Crippen molar-refractivity contribution in [2.24, 2.45) is 0 Å². The molecular formula is C26H28FN7O. The quantitative estimate of drug-likeness (QED) is 0.442. The first-order chi connectivity index (χ1) is 17.0. The highest BCUT2D eigenvalue weighted by atomic mass is 19.1. The number of carbonyl (C=O) groups excluding carboxylic acids is 1. The van der Waals surface area contributed by atoms with E-state index >= 15 is 0 Å². The summed E-state index contributed by atoms with van der Waals surface area (Å²) in [5.74, 6) is 0.347. The predicted molar refractivity (Wildman–Crippen MR) is 135 cm³/mol. The smallest absolute Gasteiger partial charge is 0.222 e. The molecule has 1 aliphatic rings. The van der Waals surface area contributed by atoms with Gasteiger partial charge in [-0.2, -0.15) is 9.61 Å². The van der Waals surface area contributed by atoms with Gasteiger partial charge in [0.15, 0.2) is 5.65 Å². The topological polar surface area (TPSA) is 101 Å². The van der Waals surface area contributed by atoms with Gasteiger partial charge >= 0.3 is 0 Å². The van der Waals surface area contributed by atoms with Crippen molar-refractivity contribution in [2.45, 2.75) is 38.8 Å². The molecule has 5 rings (SSSR count). The molecule has 1 aromatic carbocycles. The van der Waals surface area contributed by atoms with Gasteiger partial charge in [0.05, 0.1) is 17.4 Å². The fourth-order valence-electron chi connectivity index (χ4n) is 4.68. The zero-order valence-electron chi connectivity index (χ0n) is 19.7. The van der Waals surface area contributed by atoms with E-state index < -0.39 is 0 Å². The number of likely N-dealkylation sites (tertiary alicyclic amines) is 1. The van der Waals surface area contributed by atoms with Crippen molar-refractivity contribution in [3.8, 4) is 11.1 Å². The highest BCUT2D eigenvalue weighted by Gasteiger charge is 2.22. The number of nitrogen functional groups attached to an aromatic ring is 1. The molecule has 0 aliphatic carbocycles. The molecule has 1 amide bonds. The van der Waals surface area contributed by atoms with Gasteiger partial charge in [-0.15, -0.1) is 0 Å². The van der Waals surface area contributed by atoms with Crippen LogP contribution in [-0.4, -0.2) is 49.5 Å². The van der Waals surface area contributed by atoms with E-state index in [1.165, 1.54) is 12.1 Å². The van der Waals surface area contributed by atoms with Crippen LogP contribution in [0, 0.1) is 5.82 Å². The minimum Gasteiger partial charge on any atom is -0.383 e. The molecule has 0 unspecified atom stereocenters. The number of amides is 1. The molecule has 3 aromatic heterocycles. The van der Waals surface area contributed by atoms with Crippen LogP contribution in [0.4, 0.5) is 10.2 Å². The van der Waals surface area contributed by atoms with E-state index in [9.17, 15) is 9.18 Å². The maximum atomic E-state index is 13.8. The largest absolute Gasteiger partial charge is 0.383 e. The number of halogens is 1. The van der Waals surface area contributed by atoms with Crippen LogP contribution in [0.2, 0.25) is 0 Å². The van der Waals surface area contributed by atoms with Crippen molar-refractivity contribution < 1.29 is 9.18 Å². The summed E-state index contributed by atoms with van der Waals surface area (Å²) >= 11 is 0. The molecule has 9 heteroatoms. The molecular weight excluding hydrogens is 445 g/mol. The number of piperidine rings is 1. The van der Waals surface area contributed by atoms with Gasteiger partial charge in [0.2, 0.25) is 5.91 Å². The van der Waals surface area contributed by atoms with E-state index in [1.807, 2.05) is 17.9 Å². The average molecular weight is 474 g/mol. The normalized spacial score (nSPS) is 14.6. The van der Waals surface area contributed by atoms with Gasteiger partial charge < -0.3 is 16.0 Å². The summed E-state index contributed by atoms with van der Waals surface area (Å²) in [4.78, 5) is 23.2. The van der Waals surface area contributed by atoms with Crippen LogP contribution < -0.4 is 11.1 Å². The molecule has 1 saturated heterocycles. The third kappa shape index (κ3) is 4.35. The first kappa shape index (κ1) is 22.9. The Morgan fingerprint density at radius 2 is 2.09 bits per heavy atom.